The molecule has 1 amide bonds. The molecule has 2 aromatic carbocycles. The quantitative estimate of drug-likeness (QED) is 0.543. The Balaban J connectivity index is 1.83. The predicted molar refractivity (Wildman–Crippen MR) is 94.3 cm³/mol. The molecule has 0 heterocycles. The van der Waals surface area contributed by atoms with Crippen LogP contribution in [-0.4, -0.2) is 27.2 Å². The Kier molecular flexibility index (Phi) is 6.65. The molecule has 28 heavy (non-hydrogen) atoms. The van der Waals surface area contributed by atoms with E-state index in [2.05, 4.69) is 5.32 Å². The topological polar surface area (TPSA) is 72.5 Å². The number of benzene rings is 2. The first kappa shape index (κ1) is 21.7. The summed E-state index contributed by atoms with van der Waals surface area (Å²) >= 11 is 0. The number of nitrogens with one attached hydrogen (secondary N) is 1. The number of amides is 1. The van der Waals surface area contributed by atoms with E-state index in [-0.39, 0.29) is 24.3 Å². The van der Waals surface area contributed by atoms with E-state index < -0.39 is 39.0 Å². The maximum Gasteiger partial charge on any atom is 0.416 e. The summed E-state index contributed by atoms with van der Waals surface area (Å²) in [6.45, 7) is 0.108. The molecule has 0 saturated carbocycles. The van der Waals surface area contributed by atoms with Crippen LogP contribution in [0.5, 0.6) is 5.75 Å². The molecule has 0 fully saturated rings. The van der Waals surface area contributed by atoms with Crippen LogP contribution in [0.1, 0.15) is 18.4 Å². The zero-order valence-corrected chi connectivity index (χ0v) is 15.5. The summed E-state index contributed by atoms with van der Waals surface area (Å²) in [7, 11) is -3.31. The highest BCUT2D eigenvalue weighted by Crippen LogP contribution is 2.31. The number of hydrogen-bond acceptors (Lipinski definition) is 4. The highest BCUT2D eigenvalue weighted by atomic mass is 32.2. The second-order valence-corrected chi connectivity index (χ2v) is 7.95. The lowest BCUT2D eigenvalue weighted by Crippen LogP contribution is -2.15. The minimum absolute atomic E-state index is 0.100. The number of rotatable bonds is 7. The molecule has 0 saturated heterocycles. The molecule has 0 unspecified atom stereocenters. The highest BCUT2D eigenvalue weighted by molar-refractivity contribution is 7.90. The van der Waals surface area contributed by atoms with Gasteiger partial charge in [0.25, 0.3) is 0 Å². The fourth-order valence-electron chi connectivity index (χ4n) is 2.22. The van der Waals surface area contributed by atoms with E-state index in [4.69, 9.17) is 4.74 Å². The van der Waals surface area contributed by atoms with E-state index in [1.54, 1.807) is 0 Å². The maximum absolute atomic E-state index is 13.6. The number of hydrogen-bond donors (Lipinski definition) is 1. The van der Waals surface area contributed by atoms with Gasteiger partial charge in [-0.25, -0.2) is 12.8 Å². The van der Waals surface area contributed by atoms with Crippen LogP contribution < -0.4 is 10.1 Å². The van der Waals surface area contributed by atoms with Gasteiger partial charge < -0.3 is 10.1 Å². The third kappa shape index (κ3) is 6.22. The van der Waals surface area contributed by atoms with Gasteiger partial charge in [0, 0.05) is 12.7 Å². The molecule has 5 nitrogen and oxygen atoms in total. The molecule has 2 rings (SSSR count). The Hall–Kier alpha value is -2.62. The molecule has 0 spiro atoms. The van der Waals surface area contributed by atoms with Crippen molar-refractivity contribution in [3.63, 3.8) is 0 Å². The van der Waals surface area contributed by atoms with Crippen LogP contribution in [-0.2, 0) is 20.8 Å². The molecule has 0 bridgehead atoms. The minimum Gasteiger partial charge on any atom is -0.494 e. The third-order valence-electron chi connectivity index (χ3n) is 3.64. The summed E-state index contributed by atoms with van der Waals surface area (Å²) in [5.74, 6) is -1.23. The molecule has 152 valence electrons. The molecule has 10 heteroatoms. The molecule has 0 radical (unpaired) electrons. The van der Waals surface area contributed by atoms with Crippen LogP contribution in [0.25, 0.3) is 0 Å². The van der Waals surface area contributed by atoms with E-state index in [0.29, 0.717) is 23.9 Å². The fraction of sp³-hybridized carbons (Fsp3) is 0.278. The molecule has 0 aliphatic heterocycles. The van der Waals surface area contributed by atoms with Gasteiger partial charge in [-0.2, -0.15) is 13.2 Å². The van der Waals surface area contributed by atoms with E-state index in [9.17, 15) is 30.8 Å². The van der Waals surface area contributed by atoms with Gasteiger partial charge in [0.2, 0.25) is 5.91 Å². The molecule has 0 aliphatic carbocycles. The first-order chi connectivity index (χ1) is 13.0. The van der Waals surface area contributed by atoms with Crippen molar-refractivity contribution in [3.05, 3.63) is 53.8 Å². The number of carbonyl (C=O) groups excluding carboxylic acids is 1. The maximum atomic E-state index is 13.6. The first-order valence-corrected chi connectivity index (χ1v) is 9.95. The van der Waals surface area contributed by atoms with Crippen molar-refractivity contribution in [3.8, 4) is 5.75 Å². The van der Waals surface area contributed by atoms with Crippen LogP contribution in [0.3, 0.4) is 0 Å². The zero-order chi connectivity index (χ0) is 20.9. The van der Waals surface area contributed by atoms with Crippen molar-refractivity contribution in [2.75, 3.05) is 18.2 Å². The minimum atomic E-state index is -4.65. The van der Waals surface area contributed by atoms with Gasteiger partial charge in [0.15, 0.2) is 9.84 Å². The predicted octanol–water partition coefficient (Wildman–Crippen LogP) is 4.05. The van der Waals surface area contributed by atoms with Crippen molar-refractivity contribution in [1.29, 1.82) is 0 Å². The molecule has 2 aromatic rings. The number of halogens is 4. The number of sulfone groups is 1. The second-order valence-electron chi connectivity index (χ2n) is 5.94. The average molecular weight is 419 g/mol. The van der Waals surface area contributed by atoms with Crippen molar-refractivity contribution in [2.24, 2.45) is 0 Å². The van der Waals surface area contributed by atoms with Crippen molar-refractivity contribution in [1.82, 2.24) is 0 Å². The van der Waals surface area contributed by atoms with E-state index in [1.807, 2.05) is 0 Å². The summed E-state index contributed by atoms with van der Waals surface area (Å²) < 4.78 is 79.6. The normalized spacial score (nSPS) is 11.9. The molecule has 0 aromatic heterocycles. The van der Waals surface area contributed by atoms with Crippen LogP contribution in [0.15, 0.2) is 47.4 Å². The second kappa shape index (κ2) is 8.59. The summed E-state index contributed by atoms with van der Waals surface area (Å²) in [5.41, 5.74) is -1.61. The van der Waals surface area contributed by atoms with Crippen LogP contribution in [0.2, 0.25) is 0 Å². The van der Waals surface area contributed by atoms with Gasteiger partial charge in [0.05, 0.1) is 22.8 Å². The number of alkyl halides is 3. The van der Waals surface area contributed by atoms with E-state index in [0.717, 1.165) is 6.26 Å². The first-order valence-electron chi connectivity index (χ1n) is 8.06. The average Bonchev–Trinajstić information content (AvgIpc) is 2.59. The lowest BCUT2D eigenvalue weighted by Gasteiger charge is -2.11. The number of anilines is 1. The van der Waals surface area contributed by atoms with Crippen molar-refractivity contribution >= 4 is 21.4 Å². The Morgan fingerprint density at radius 3 is 2.32 bits per heavy atom. The monoisotopic (exact) mass is 419 g/mol. The molecular weight excluding hydrogens is 402 g/mol. The molecule has 0 aliphatic rings. The molecule has 1 N–H and O–H groups in total. The van der Waals surface area contributed by atoms with Crippen molar-refractivity contribution < 1.29 is 35.5 Å². The Bertz CT molecular complexity index is 941. The largest absolute Gasteiger partial charge is 0.494 e. The van der Waals surface area contributed by atoms with Crippen LogP contribution in [0.4, 0.5) is 23.2 Å². The van der Waals surface area contributed by atoms with Gasteiger partial charge in [-0.05, 0) is 48.9 Å². The Morgan fingerprint density at radius 2 is 1.75 bits per heavy atom. The smallest absolute Gasteiger partial charge is 0.416 e. The van der Waals surface area contributed by atoms with Gasteiger partial charge in [-0.3, -0.25) is 4.79 Å². The Morgan fingerprint density at radius 1 is 1.11 bits per heavy atom. The van der Waals surface area contributed by atoms with Gasteiger partial charge in [0.1, 0.15) is 11.6 Å². The van der Waals surface area contributed by atoms with Crippen LogP contribution >= 0.6 is 0 Å². The van der Waals surface area contributed by atoms with E-state index >= 15 is 0 Å². The van der Waals surface area contributed by atoms with Gasteiger partial charge in [-0.1, -0.05) is 0 Å². The number of carbonyl (C=O) groups is 1. The summed E-state index contributed by atoms with van der Waals surface area (Å²) in [6.07, 6.45) is -3.44. The SMILES string of the molecule is CS(=O)(=O)c1ccc(OCCCC(=O)Nc2cc(C(F)(F)F)ccc2F)cc1. The summed E-state index contributed by atoms with van der Waals surface area (Å²) in [6, 6.07) is 7.47. The number of ether oxygens (including phenoxy) is 1. The van der Waals surface area contributed by atoms with E-state index in [1.165, 1.54) is 24.3 Å². The summed E-state index contributed by atoms with van der Waals surface area (Å²) in [5, 5.41) is 2.11. The lowest BCUT2D eigenvalue weighted by atomic mass is 10.2. The van der Waals surface area contributed by atoms with Crippen molar-refractivity contribution in [2.45, 2.75) is 23.9 Å². The highest BCUT2D eigenvalue weighted by Gasteiger charge is 2.31. The lowest BCUT2D eigenvalue weighted by molar-refractivity contribution is -0.137. The molecular formula is C18H17F4NO4S. The fourth-order valence-corrected chi connectivity index (χ4v) is 2.85. The van der Waals surface area contributed by atoms with Crippen LogP contribution in [0, 0.1) is 5.82 Å². The molecule has 0 atom stereocenters. The third-order valence-corrected chi connectivity index (χ3v) is 4.77. The van der Waals surface area contributed by atoms with Gasteiger partial charge >= 0.3 is 6.18 Å². The zero-order valence-electron chi connectivity index (χ0n) is 14.7. The van der Waals surface area contributed by atoms with Gasteiger partial charge in [-0.15, -0.1) is 0 Å². The summed E-state index contributed by atoms with van der Waals surface area (Å²) in [4.78, 5) is 12.0. The Labute approximate surface area is 159 Å². The standard InChI is InChI=1S/C18H17F4NO4S/c1-28(25,26)14-7-5-13(6-8-14)27-10-2-3-17(24)23-16-11-12(18(20,21)22)4-9-15(16)19/h4-9,11H,2-3,10H2,1H3,(H,23,24).